The molecule has 1 aliphatic carbocycles. The second-order valence-electron chi connectivity index (χ2n) is 12.5. The van der Waals surface area contributed by atoms with Crippen LogP contribution in [-0.2, 0) is 23.7 Å². The number of carbonyl (C=O) groups excluding carboxylic acids is 2. The van der Waals surface area contributed by atoms with E-state index in [9.17, 15) is 24.9 Å². The van der Waals surface area contributed by atoms with Gasteiger partial charge in [0, 0.05) is 31.7 Å². The second-order valence-corrected chi connectivity index (χ2v) is 12.5. The molecule has 22 N–H and O–H groups in total. The van der Waals surface area contributed by atoms with Gasteiger partial charge in [-0.25, -0.2) is 4.79 Å². The molecule has 0 aromatic heterocycles. The van der Waals surface area contributed by atoms with E-state index in [0.717, 1.165) is 0 Å². The molecule has 3 fully saturated rings. The highest BCUT2D eigenvalue weighted by atomic mass is 16.7. The average molecular weight is 680 g/mol. The van der Waals surface area contributed by atoms with Gasteiger partial charge in [-0.2, -0.15) is 0 Å². The third-order valence-corrected chi connectivity index (χ3v) is 8.81. The summed E-state index contributed by atoms with van der Waals surface area (Å²) in [6, 6.07) is -6.25. The summed E-state index contributed by atoms with van der Waals surface area (Å²) in [6.07, 6.45) is -8.16. The van der Waals surface area contributed by atoms with Gasteiger partial charge in [-0.3, -0.25) is 4.79 Å². The zero-order chi connectivity index (χ0) is 34.8. The van der Waals surface area contributed by atoms with Crippen LogP contribution in [0.5, 0.6) is 0 Å². The minimum atomic E-state index is -1.47. The van der Waals surface area contributed by atoms with Crippen molar-refractivity contribution in [2.45, 2.75) is 124 Å². The van der Waals surface area contributed by atoms with Crippen molar-refractivity contribution in [1.82, 2.24) is 16.0 Å². The van der Waals surface area contributed by atoms with Crippen molar-refractivity contribution >= 4 is 11.9 Å². The van der Waals surface area contributed by atoms with Crippen LogP contribution in [0.4, 0.5) is 4.79 Å². The molecule has 274 valence electrons. The summed E-state index contributed by atoms with van der Waals surface area (Å²) < 4.78 is 24.4. The van der Waals surface area contributed by atoms with E-state index in [1.807, 2.05) is 0 Å². The van der Waals surface area contributed by atoms with Crippen LogP contribution in [0.2, 0.25) is 0 Å². The second kappa shape index (κ2) is 18.8. The van der Waals surface area contributed by atoms with Gasteiger partial charge in [0.05, 0.1) is 54.7 Å². The molecule has 0 bridgehead atoms. The number of carbonyl (C=O) groups is 2. The zero-order valence-corrected chi connectivity index (χ0v) is 26.6. The summed E-state index contributed by atoms with van der Waals surface area (Å²) in [6.45, 7) is 1.45. The number of aliphatic hydroxyl groups excluding tert-OH is 3. The lowest BCUT2D eigenvalue weighted by molar-refractivity contribution is -0.299. The lowest BCUT2D eigenvalue weighted by Crippen LogP contribution is -2.72. The van der Waals surface area contributed by atoms with E-state index in [0.29, 0.717) is 25.9 Å². The molecule has 0 radical (unpaired) electrons. The van der Waals surface area contributed by atoms with E-state index in [4.69, 9.17) is 64.8 Å². The van der Waals surface area contributed by atoms with Crippen LogP contribution in [-0.4, -0.2) is 152 Å². The molecule has 3 aliphatic rings. The van der Waals surface area contributed by atoms with Crippen molar-refractivity contribution in [3.05, 3.63) is 0 Å². The molecule has 2 heterocycles. The molecule has 2 aliphatic heterocycles. The molecule has 47 heavy (non-hydrogen) atoms. The number of ether oxygens (including phenoxy) is 4. The molecule has 0 aromatic carbocycles. The summed E-state index contributed by atoms with van der Waals surface area (Å²) in [5.74, 6) is -0.596. The van der Waals surface area contributed by atoms with E-state index in [2.05, 4.69) is 16.0 Å². The first kappa shape index (κ1) is 39.6. The van der Waals surface area contributed by atoms with Gasteiger partial charge in [0.25, 0.3) is 0 Å². The van der Waals surface area contributed by atoms with Crippen LogP contribution in [0.1, 0.15) is 32.1 Å². The van der Waals surface area contributed by atoms with Gasteiger partial charge in [-0.1, -0.05) is 0 Å². The Morgan fingerprint density at radius 2 is 1.49 bits per heavy atom. The first-order valence-corrected chi connectivity index (χ1v) is 16.2. The molecule has 20 nitrogen and oxygen atoms in total. The van der Waals surface area contributed by atoms with Crippen molar-refractivity contribution in [2.24, 2.45) is 45.9 Å². The van der Waals surface area contributed by atoms with E-state index in [-0.39, 0.29) is 38.9 Å². The van der Waals surface area contributed by atoms with Gasteiger partial charge in [0.15, 0.2) is 12.6 Å². The third-order valence-electron chi connectivity index (χ3n) is 8.81. The highest BCUT2D eigenvalue weighted by Gasteiger charge is 2.51. The van der Waals surface area contributed by atoms with E-state index < -0.39 is 103 Å². The Hall–Kier alpha value is -1.86. The van der Waals surface area contributed by atoms with Gasteiger partial charge in [0.2, 0.25) is 5.91 Å². The molecule has 3 amide bonds. The predicted octanol–water partition coefficient (Wildman–Crippen LogP) is -7.45. The molecular weight excluding hydrogens is 622 g/mol. The van der Waals surface area contributed by atoms with Crippen LogP contribution in [0.25, 0.3) is 0 Å². The summed E-state index contributed by atoms with van der Waals surface area (Å²) in [7, 11) is 0. The zero-order valence-electron chi connectivity index (χ0n) is 26.6. The Balaban J connectivity index is 1.84. The lowest BCUT2D eigenvalue weighted by Gasteiger charge is -2.49. The van der Waals surface area contributed by atoms with E-state index in [1.165, 1.54) is 0 Å². The largest absolute Gasteiger partial charge is 0.390 e. The fraction of sp³-hybridized carbons (Fsp3) is 0.926. The van der Waals surface area contributed by atoms with Gasteiger partial charge in [-0.15, -0.1) is 0 Å². The Bertz CT molecular complexity index is 977. The van der Waals surface area contributed by atoms with Gasteiger partial charge < -0.3 is 96.1 Å². The van der Waals surface area contributed by atoms with Crippen molar-refractivity contribution in [2.75, 3.05) is 32.7 Å². The molecule has 3 rings (SSSR count). The summed E-state index contributed by atoms with van der Waals surface area (Å²) >= 11 is 0. The highest BCUT2D eigenvalue weighted by molar-refractivity contribution is 5.82. The molecule has 1 saturated carbocycles. The number of rotatable bonds is 16. The molecule has 15 unspecified atom stereocenters. The van der Waals surface area contributed by atoms with Gasteiger partial charge >= 0.3 is 6.03 Å². The average Bonchev–Trinajstić information content (AvgIpc) is 3.02. The smallest absolute Gasteiger partial charge is 0.312 e. The molecule has 0 spiro atoms. The molecule has 15 atom stereocenters. The third kappa shape index (κ3) is 10.8. The number of urea groups is 1. The number of amides is 3. The Morgan fingerprint density at radius 3 is 2.11 bits per heavy atom. The number of primary amides is 1. The number of nitrogens with one attached hydrogen (secondary N) is 3. The Labute approximate surface area is 274 Å². The summed E-state index contributed by atoms with van der Waals surface area (Å²) in [5, 5.41) is 40.4. The Kier molecular flexibility index (Phi) is 15.8. The molecule has 0 aromatic rings. The van der Waals surface area contributed by atoms with Crippen LogP contribution >= 0.6 is 0 Å². The first-order chi connectivity index (χ1) is 22.3. The predicted molar refractivity (Wildman–Crippen MR) is 169 cm³/mol. The number of hydrogen-bond acceptors (Lipinski definition) is 17. The quantitative estimate of drug-likeness (QED) is 0.0673. The Morgan fingerprint density at radius 1 is 0.851 bits per heavy atom. The fourth-order valence-electron chi connectivity index (χ4n) is 6.05. The summed E-state index contributed by atoms with van der Waals surface area (Å²) in [5.41, 5.74) is 48.1. The van der Waals surface area contributed by atoms with Crippen LogP contribution in [0.3, 0.4) is 0 Å². The van der Waals surface area contributed by atoms with Crippen molar-refractivity contribution in [3.8, 4) is 0 Å². The number of hydrogen-bond donors (Lipinski definition) is 14. The lowest BCUT2D eigenvalue weighted by atomic mass is 9.82. The van der Waals surface area contributed by atoms with Gasteiger partial charge in [-0.05, 0) is 45.2 Å². The van der Waals surface area contributed by atoms with E-state index in [1.54, 1.807) is 0 Å². The standard InChI is InChI=1S/C27H57N11O9/c28-4-2-5-36-10-17-20(40)18(34)21(41)26(45-17)47-23-13(32)7-12(31)22(46-25-14(33)8-15(39)16(9-29)44-25)19(23)38-24(42)11(30)3-1-6-37-27(35)43/h11-23,25-26,36,39-41H,1-10,28-34H2,(H,38,42)(H3,35,37,43). The van der Waals surface area contributed by atoms with Crippen LogP contribution < -0.4 is 61.8 Å². The van der Waals surface area contributed by atoms with Crippen molar-refractivity contribution in [3.63, 3.8) is 0 Å². The topological polar surface area (TPSA) is 376 Å². The monoisotopic (exact) mass is 679 g/mol. The van der Waals surface area contributed by atoms with Crippen LogP contribution in [0, 0.1) is 0 Å². The first-order valence-electron chi connectivity index (χ1n) is 16.2. The normalized spacial score (nSPS) is 40.0. The molecule has 20 heteroatoms. The maximum atomic E-state index is 13.4. The number of aliphatic hydroxyl groups is 3. The SMILES string of the molecule is NCCCNCC1OC(OC2C(N)CC(N)C(OC3OC(CN)C(O)CC3N)C2NC(=O)C(N)CCCNC(N)=O)C(O)C(N)C1O. The summed E-state index contributed by atoms with van der Waals surface area (Å²) in [4.78, 5) is 24.4. The van der Waals surface area contributed by atoms with Crippen molar-refractivity contribution in [1.29, 1.82) is 0 Å². The van der Waals surface area contributed by atoms with Crippen LogP contribution in [0.15, 0.2) is 0 Å². The molecule has 2 saturated heterocycles. The van der Waals surface area contributed by atoms with Gasteiger partial charge in [0.1, 0.15) is 12.2 Å². The minimum Gasteiger partial charge on any atom is -0.390 e. The number of nitrogens with two attached hydrogens (primary N) is 8. The van der Waals surface area contributed by atoms with Crippen molar-refractivity contribution < 1.29 is 43.9 Å². The highest BCUT2D eigenvalue weighted by Crippen LogP contribution is 2.31. The maximum absolute atomic E-state index is 13.4. The van der Waals surface area contributed by atoms with E-state index >= 15 is 0 Å². The minimum absolute atomic E-state index is 0.00592. The fourth-order valence-corrected chi connectivity index (χ4v) is 6.05. The maximum Gasteiger partial charge on any atom is 0.312 e. The molecular formula is C27H57N11O9.